The molecule has 0 bridgehead atoms. The molecule has 1 heterocycles. The molecular weight excluding hydrogens is 240 g/mol. The number of hydrogen-bond acceptors (Lipinski definition) is 4. The summed E-state index contributed by atoms with van der Waals surface area (Å²) in [6, 6.07) is 12.1. The van der Waals surface area contributed by atoms with Gasteiger partial charge in [0.05, 0.1) is 13.3 Å². The Morgan fingerprint density at radius 2 is 2.11 bits per heavy atom. The van der Waals surface area contributed by atoms with Crippen molar-refractivity contribution in [2.24, 2.45) is 5.10 Å². The van der Waals surface area contributed by atoms with Crippen LogP contribution in [0.4, 0.5) is 0 Å². The van der Waals surface area contributed by atoms with E-state index in [2.05, 4.69) is 21.3 Å². The van der Waals surface area contributed by atoms with E-state index in [0.717, 1.165) is 22.1 Å². The van der Waals surface area contributed by atoms with Crippen molar-refractivity contribution in [3.05, 3.63) is 54.6 Å². The third kappa shape index (κ3) is 2.18. The van der Waals surface area contributed by atoms with Gasteiger partial charge in [-0.1, -0.05) is 30.3 Å². The largest absolute Gasteiger partial charge is 0.496 e. The number of benzene rings is 2. The maximum Gasteiger partial charge on any atom is 0.139 e. The van der Waals surface area contributed by atoms with E-state index in [1.54, 1.807) is 13.3 Å². The van der Waals surface area contributed by atoms with Crippen LogP contribution in [-0.2, 0) is 0 Å². The maximum absolute atomic E-state index is 5.39. The summed E-state index contributed by atoms with van der Waals surface area (Å²) in [5.74, 6) is 0.780. The second-order valence-electron chi connectivity index (χ2n) is 3.96. The molecule has 19 heavy (non-hydrogen) atoms. The number of ether oxygens (including phenoxy) is 1. The quantitative estimate of drug-likeness (QED) is 0.672. The van der Waals surface area contributed by atoms with Crippen molar-refractivity contribution in [1.29, 1.82) is 0 Å². The lowest BCUT2D eigenvalue weighted by molar-refractivity contribution is 0.415. The molecule has 0 spiro atoms. The minimum Gasteiger partial charge on any atom is -0.496 e. The van der Waals surface area contributed by atoms with Gasteiger partial charge in [0, 0.05) is 5.56 Å². The first-order valence-corrected chi connectivity index (χ1v) is 5.83. The number of methoxy groups -OCH3 is 1. The summed E-state index contributed by atoms with van der Waals surface area (Å²) in [5.41, 5.74) is 0.927. The summed E-state index contributed by atoms with van der Waals surface area (Å²) in [4.78, 5) is 5.25. The average Bonchev–Trinajstić information content (AvgIpc) is 2.97. The number of aromatic nitrogens is 3. The predicted molar refractivity (Wildman–Crippen MR) is 73.5 cm³/mol. The Kier molecular flexibility index (Phi) is 2.94. The Morgan fingerprint density at radius 1 is 1.21 bits per heavy atom. The van der Waals surface area contributed by atoms with E-state index in [0.29, 0.717) is 0 Å². The lowest BCUT2D eigenvalue weighted by atomic mass is 10.0. The molecule has 0 N–H and O–H groups in total. The van der Waals surface area contributed by atoms with Crippen molar-refractivity contribution in [2.75, 3.05) is 7.11 Å². The van der Waals surface area contributed by atoms with Gasteiger partial charge in [-0.05, 0) is 16.8 Å². The molecule has 0 aliphatic heterocycles. The summed E-state index contributed by atoms with van der Waals surface area (Å²) in [6.07, 6.45) is 4.71. The van der Waals surface area contributed by atoms with Crippen LogP contribution in [-0.4, -0.2) is 28.2 Å². The molecule has 0 radical (unpaired) electrons. The van der Waals surface area contributed by atoms with E-state index in [1.165, 1.54) is 17.4 Å². The molecule has 3 rings (SSSR count). The summed E-state index contributed by atoms with van der Waals surface area (Å²) >= 11 is 0. The van der Waals surface area contributed by atoms with Gasteiger partial charge in [-0.25, -0.2) is 4.98 Å². The van der Waals surface area contributed by atoms with Gasteiger partial charge in [0.1, 0.15) is 18.4 Å². The Hall–Kier alpha value is -2.69. The SMILES string of the molecule is COc1ccc2ccccc2c1/C=N\n1cncn1. The lowest BCUT2D eigenvalue weighted by Gasteiger charge is -2.07. The monoisotopic (exact) mass is 252 g/mol. The van der Waals surface area contributed by atoms with Crippen LogP contribution in [0.3, 0.4) is 0 Å². The molecule has 0 aliphatic carbocycles. The van der Waals surface area contributed by atoms with Crippen molar-refractivity contribution >= 4 is 17.0 Å². The average molecular weight is 252 g/mol. The first-order valence-electron chi connectivity index (χ1n) is 5.83. The van der Waals surface area contributed by atoms with Crippen LogP contribution < -0.4 is 4.74 Å². The second kappa shape index (κ2) is 4.89. The molecular formula is C14H12N4O. The zero-order valence-corrected chi connectivity index (χ0v) is 10.4. The van der Waals surface area contributed by atoms with Gasteiger partial charge in [0.15, 0.2) is 0 Å². The van der Waals surface area contributed by atoms with E-state index in [9.17, 15) is 0 Å². The minimum atomic E-state index is 0.780. The predicted octanol–water partition coefficient (Wildman–Crippen LogP) is 2.32. The third-order valence-electron chi connectivity index (χ3n) is 2.86. The highest BCUT2D eigenvalue weighted by Gasteiger charge is 2.05. The van der Waals surface area contributed by atoms with Gasteiger partial charge >= 0.3 is 0 Å². The normalized spacial score (nSPS) is 11.2. The van der Waals surface area contributed by atoms with Gasteiger partial charge in [0.25, 0.3) is 0 Å². The smallest absolute Gasteiger partial charge is 0.139 e. The summed E-state index contributed by atoms with van der Waals surface area (Å²) in [7, 11) is 1.65. The molecule has 94 valence electrons. The molecule has 0 atom stereocenters. The van der Waals surface area contributed by atoms with Crippen LogP contribution in [0.5, 0.6) is 5.75 Å². The van der Waals surface area contributed by atoms with Crippen LogP contribution in [0.2, 0.25) is 0 Å². The fraction of sp³-hybridized carbons (Fsp3) is 0.0714. The highest BCUT2D eigenvalue weighted by molar-refractivity contribution is 6.02. The van der Waals surface area contributed by atoms with E-state index in [1.807, 2.05) is 30.3 Å². The Bertz CT molecular complexity index is 719. The summed E-state index contributed by atoms with van der Waals surface area (Å²) in [5, 5.41) is 10.4. The van der Waals surface area contributed by atoms with Crippen LogP contribution in [0, 0.1) is 0 Å². The molecule has 0 amide bonds. The van der Waals surface area contributed by atoms with E-state index in [4.69, 9.17) is 4.74 Å². The third-order valence-corrected chi connectivity index (χ3v) is 2.86. The molecule has 2 aromatic carbocycles. The first kappa shape index (κ1) is 11.4. The van der Waals surface area contributed by atoms with Crippen LogP contribution in [0.25, 0.3) is 10.8 Å². The van der Waals surface area contributed by atoms with Crippen LogP contribution >= 0.6 is 0 Å². The Labute approximate surface area is 110 Å². The summed E-state index contributed by atoms with van der Waals surface area (Å²) < 4.78 is 5.39. The van der Waals surface area contributed by atoms with Crippen molar-refractivity contribution < 1.29 is 4.74 Å². The van der Waals surface area contributed by atoms with Gasteiger partial charge in [-0.3, -0.25) is 0 Å². The standard InChI is InChI=1S/C14H12N4O/c1-19-14-7-6-11-4-2-3-5-12(11)13(14)8-16-18-10-15-9-17-18/h2-10H,1H3/b16-8-. The molecule has 5 heteroatoms. The molecule has 0 fully saturated rings. The maximum atomic E-state index is 5.39. The van der Waals surface area contributed by atoms with Gasteiger partial charge in [-0.15, -0.1) is 9.89 Å². The van der Waals surface area contributed by atoms with Gasteiger partial charge in [-0.2, -0.15) is 5.10 Å². The van der Waals surface area contributed by atoms with Crippen molar-refractivity contribution in [2.45, 2.75) is 0 Å². The van der Waals surface area contributed by atoms with E-state index in [-0.39, 0.29) is 0 Å². The number of rotatable bonds is 3. The van der Waals surface area contributed by atoms with E-state index >= 15 is 0 Å². The molecule has 0 saturated carbocycles. The molecule has 1 aromatic heterocycles. The van der Waals surface area contributed by atoms with E-state index < -0.39 is 0 Å². The zero-order valence-electron chi connectivity index (χ0n) is 10.4. The fourth-order valence-electron chi connectivity index (χ4n) is 1.97. The molecule has 5 nitrogen and oxygen atoms in total. The van der Waals surface area contributed by atoms with Crippen LogP contribution in [0.15, 0.2) is 54.2 Å². The topological polar surface area (TPSA) is 52.3 Å². The van der Waals surface area contributed by atoms with Crippen molar-refractivity contribution in [3.63, 3.8) is 0 Å². The van der Waals surface area contributed by atoms with Crippen molar-refractivity contribution in [1.82, 2.24) is 14.9 Å². The van der Waals surface area contributed by atoms with Crippen molar-refractivity contribution in [3.8, 4) is 5.75 Å². The number of hydrogen-bond donors (Lipinski definition) is 0. The Morgan fingerprint density at radius 3 is 2.89 bits per heavy atom. The van der Waals surface area contributed by atoms with Gasteiger partial charge in [0.2, 0.25) is 0 Å². The number of fused-ring (bicyclic) bond motifs is 1. The minimum absolute atomic E-state index is 0.780. The molecule has 0 aliphatic rings. The molecule has 0 unspecified atom stereocenters. The fourth-order valence-corrected chi connectivity index (χ4v) is 1.97. The first-order chi connectivity index (χ1) is 9.38. The lowest BCUT2D eigenvalue weighted by Crippen LogP contribution is -1.95. The van der Waals surface area contributed by atoms with Gasteiger partial charge < -0.3 is 4.74 Å². The molecule has 3 aromatic rings. The zero-order chi connectivity index (χ0) is 13.1. The second-order valence-corrected chi connectivity index (χ2v) is 3.96. The molecule has 0 saturated heterocycles. The highest BCUT2D eigenvalue weighted by Crippen LogP contribution is 2.26. The summed E-state index contributed by atoms with van der Waals surface area (Å²) in [6.45, 7) is 0. The Balaban J connectivity index is 2.14. The number of nitrogens with zero attached hydrogens (tertiary/aromatic N) is 4. The van der Waals surface area contributed by atoms with Crippen LogP contribution in [0.1, 0.15) is 5.56 Å². The highest BCUT2D eigenvalue weighted by atomic mass is 16.5.